The molecule has 0 aliphatic carbocycles. The van der Waals surface area contributed by atoms with E-state index in [1.54, 1.807) is 0 Å². The minimum atomic E-state index is 0.729. The molecule has 4 rings (SSSR count). The molecule has 0 atom stereocenters. The zero-order valence-corrected chi connectivity index (χ0v) is 15.5. The number of fused-ring (bicyclic) bond motifs is 2. The van der Waals surface area contributed by atoms with Crippen molar-refractivity contribution in [3.63, 3.8) is 0 Å². The molecule has 0 N–H and O–H groups in total. The van der Waals surface area contributed by atoms with Crippen LogP contribution in [-0.2, 0) is 20.1 Å². The standard InChI is InChI=1S/C16H18ClN5.C2H6/c1-20-8-5-9-22-13(10-20)14(17)15(19-22)16-18-11-6-3-4-7-12(11)21(16)2;1-2/h3-4,6-7H,5,8-10H2,1-2H3;1-2H3. The topological polar surface area (TPSA) is 38.9 Å². The van der Waals surface area contributed by atoms with Crippen LogP contribution in [0.25, 0.3) is 22.6 Å². The highest BCUT2D eigenvalue weighted by Gasteiger charge is 2.23. The Hall–Kier alpha value is -1.85. The van der Waals surface area contributed by atoms with Crippen LogP contribution in [-0.4, -0.2) is 37.8 Å². The molecule has 1 aliphatic heterocycles. The molecule has 24 heavy (non-hydrogen) atoms. The number of para-hydroxylation sites is 2. The molecular formula is C18H24ClN5. The van der Waals surface area contributed by atoms with Gasteiger partial charge in [0, 0.05) is 26.7 Å². The molecule has 128 valence electrons. The van der Waals surface area contributed by atoms with Crippen molar-refractivity contribution in [2.45, 2.75) is 33.4 Å². The van der Waals surface area contributed by atoms with Crippen molar-refractivity contribution in [3.05, 3.63) is 35.0 Å². The lowest BCUT2D eigenvalue weighted by atomic mass is 10.3. The van der Waals surface area contributed by atoms with E-state index in [0.29, 0.717) is 0 Å². The summed E-state index contributed by atoms with van der Waals surface area (Å²) in [6.45, 7) is 6.81. The first-order chi connectivity index (χ1) is 11.6. The van der Waals surface area contributed by atoms with Gasteiger partial charge in [0.25, 0.3) is 0 Å². The van der Waals surface area contributed by atoms with Gasteiger partial charge >= 0.3 is 0 Å². The van der Waals surface area contributed by atoms with Gasteiger partial charge in [0.1, 0.15) is 5.69 Å². The third-order valence-electron chi connectivity index (χ3n) is 4.32. The zero-order chi connectivity index (χ0) is 17.3. The van der Waals surface area contributed by atoms with E-state index in [0.717, 1.165) is 59.3 Å². The van der Waals surface area contributed by atoms with Gasteiger partial charge in [0.15, 0.2) is 5.82 Å². The SMILES string of the molecule is CC.CN1CCCn2nc(-c3nc4ccccc4n3C)c(Cl)c2C1. The van der Waals surface area contributed by atoms with Crippen molar-refractivity contribution in [3.8, 4) is 11.5 Å². The summed E-state index contributed by atoms with van der Waals surface area (Å²) >= 11 is 6.65. The van der Waals surface area contributed by atoms with E-state index in [4.69, 9.17) is 21.7 Å². The Kier molecular flexibility index (Phi) is 4.92. The van der Waals surface area contributed by atoms with Crippen molar-refractivity contribution < 1.29 is 0 Å². The summed E-state index contributed by atoms with van der Waals surface area (Å²) in [7, 11) is 4.13. The number of nitrogens with zero attached hydrogens (tertiary/aromatic N) is 5. The number of aromatic nitrogens is 4. The van der Waals surface area contributed by atoms with E-state index in [2.05, 4.69) is 22.6 Å². The maximum absolute atomic E-state index is 6.65. The highest BCUT2D eigenvalue weighted by atomic mass is 35.5. The highest BCUT2D eigenvalue weighted by molar-refractivity contribution is 6.33. The van der Waals surface area contributed by atoms with Crippen molar-refractivity contribution in [1.82, 2.24) is 24.2 Å². The van der Waals surface area contributed by atoms with Crippen molar-refractivity contribution >= 4 is 22.6 Å². The molecule has 0 amide bonds. The molecule has 0 fully saturated rings. The van der Waals surface area contributed by atoms with Gasteiger partial charge in [-0.2, -0.15) is 5.10 Å². The number of aryl methyl sites for hydroxylation is 2. The Morgan fingerprint density at radius 3 is 2.58 bits per heavy atom. The fraction of sp³-hybridized carbons (Fsp3) is 0.444. The largest absolute Gasteiger partial charge is 0.326 e. The Bertz CT molecular complexity index is 849. The Balaban J connectivity index is 0.000000815. The molecule has 1 aromatic carbocycles. The van der Waals surface area contributed by atoms with Gasteiger partial charge in [-0.05, 0) is 25.6 Å². The van der Waals surface area contributed by atoms with Gasteiger partial charge in [-0.1, -0.05) is 37.6 Å². The van der Waals surface area contributed by atoms with Crippen LogP contribution in [0.2, 0.25) is 5.02 Å². The number of benzene rings is 1. The van der Waals surface area contributed by atoms with Crippen molar-refractivity contribution in [1.29, 1.82) is 0 Å². The van der Waals surface area contributed by atoms with Crippen LogP contribution in [0.4, 0.5) is 0 Å². The summed E-state index contributed by atoms with van der Waals surface area (Å²) in [6.07, 6.45) is 1.09. The lowest BCUT2D eigenvalue weighted by Crippen LogP contribution is -2.17. The van der Waals surface area contributed by atoms with Crippen LogP contribution in [0.1, 0.15) is 26.0 Å². The molecule has 3 heterocycles. The first-order valence-electron chi connectivity index (χ1n) is 8.50. The zero-order valence-electron chi connectivity index (χ0n) is 14.8. The van der Waals surface area contributed by atoms with Crippen molar-refractivity contribution in [2.75, 3.05) is 13.6 Å². The maximum Gasteiger partial charge on any atom is 0.163 e. The van der Waals surface area contributed by atoms with E-state index in [9.17, 15) is 0 Å². The monoisotopic (exact) mass is 345 g/mol. The van der Waals surface area contributed by atoms with Gasteiger partial charge in [-0.15, -0.1) is 0 Å². The maximum atomic E-state index is 6.65. The van der Waals surface area contributed by atoms with Crippen LogP contribution >= 0.6 is 11.6 Å². The smallest absolute Gasteiger partial charge is 0.163 e. The number of rotatable bonds is 1. The van der Waals surface area contributed by atoms with Crippen LogP contribution in [0.15, 0.2) is 24.3 Å². The predicted molar refractivity (Wildman–Crippen MR) is 99.2 cm³/mol. The fourth-order valence-corrected chi connectivity index (χ4v) is 3.42. The molecular weight excluding hydrogens is 322 g/mol. The van der Waals surface area contributed by atoms with E-state index in [1.165, 1.54) is 0 Å². The average molecular weight is 346 g/mol. The normalized spacial score (nSPS) is 14.9. The summed E-state index contributed by atoms with van der Waals surface area (Å²) in [6, 6.07) is 8.10. The number of hydrogen-bond acceptors (Lipinski definition) is 3. The van der Waals surface area contributed by atoms with E-state index in [-0.39, 0.29) is 0 Å². The molecule has 0 saturated carbocycles. The second-order valence-electron chi connectivity index (χ2n) is 5.91. The van der Waals surface area contributed by atoms with E-state index in [1.807, 2.05) is 43.8 Å². The fourth-order valence-electron chi connectivity index (χ4n) is 3.14. The summed E-state index contributed by atoms with van der Waals surface area (Å²) < 4.78 is 4.10. The molecule has 0 unspecified atom stereocenters. The molecule has 2 aromatic heterocycles. The first-order valence-corrected chi connectivity index (χ1v) is 8.88. The van der Waals surface area contributed by atoms with Gasteiger partial charge in [-0.25, -0.2) is 4.98 Å². The second-order valence-corrected chi connectivity index (χ2v) is 6.28. The van der Waals surface area contributed by atoms with E-state index >= 15 is 0 Å². The minimum absolute atomic E-state index is 0.729. The van der Waals surface area contributed by atoms with Gasteiger partial charge in [0.05, 0.1) is 21.7 Å². The van der Waals surface area contributed by atoms with E-state index < -0.39 is 0 Å². The number of halogens is 1. The van der Waals surface area contributed by atoms with Gasteiger partial charge in [-0.3, -0.25) is 4.68 Å². The summed E-state index contributed by atoms with van der Waals surface area (Å²) in [4.78, 5) is 7.00. The number of hydrogen-bond donors (Lipinski definition) is 0. The Labute approximate surface area is 147 Å². The quantitative estimate of drug-likeness (QED) is 0.670. The van der Waals surface area contributed by atoms with Crippen LogP contribution in [0.5, 0.6) is 0 Å². The second kappa shape index (κ2) is 6.95. The Morgan fingerprint density at radius 2 is 1.83 bits per heavy atom. The molecule has 0 radical (unpaired) electrons. The third-order valence-corrected chi connectivity index (χ3v) is 4.72. The molecule has 0 saturated heterocycles. The molecule has 1 aliphatic rings. The third kappa shape index (κ3) is 2.82. The summed E-state index contributed by atoms with van der Waals surface area (Å²) in [5.74, 6) is 0.828. The molecule has 6 heteroatoms. The lowest BCUT2D eigenvalue weighted by Gasteiger charge is -2.11. The van der Waals surface area contributed by atoms with Crippen LogP contribution < -0.4 is 0 Å². The first kappa shape index (κ1) is 17.0. The van der Waals surface area contributed by atoms with Crippen LogP contribution in [0.3, 0.4) is 0 Å². The van der Waals surface area contributed by atoms with Gasteiger partial charge < -0.3 is 9.47 Å². The number of imidazole rings is 1. The predicted octanol–water partition coefficient (Wildman–Crippen LogP) is 3.95. The summed E-state index contributed by atoms with van der Waals surface area (Å²) in [5, 5.41) is 5.47. The summed E-state index contributed by atoms with van der Waals surface area (Å²) in [5.41, 5.74) is 3.93. The molecule has 0 spiro atoms. The Morgan fingerprint density at radius 1 is 1.08 bits per heavy atom. The molecule has 3 aromatic rings. The van der Waals surface area contributed by atoms with Crippen LogP contribution in [0, 0.1) is 0 Å². The molecule has 0 bridgehead atoms. The lowest BCUT2D eigenvalue weighted by molar-refractivity contribution is 0.332. The highest BCUT2D eigenvalue weighted by Crippen LogP contribution is 2.32. The minimum Gasteiger partial charge on any atom is -0.326 e. The van der Waals surface area contributed by atoms with Gasteiger partial charge in [0.2, 0.25) is 0 Å². The average Bonchev–Trinajstić information content (AvgIpc) is 3.01. The van der Waals surface area contributed by atoms with Crippen molar-refractivity contribution in [2.24, 2.45) is 7.05 Å². The molecule has 5 nitrogen and oxygen atoms in total.